The van der Waals surface area contributed by atoms with Crippen molar-refractivity contribution in [1.82, 2.24) is 4.98 Å². The second-order valence-electron chi connectivity index (χ2n) is 5.88. The summed E-state index contributed by atoms with van der Waals surface area (Å²) in [5.41, 5.74) is 3.13. The van der Waals surface area contributed by atoms with Crippen LogP contribution in [0.4, 0.5) is 11.4 Å². The maximum absolute atomic E-state index is 12.8. The summed E-state index contributed by atoms with van der Waals surface area (Å²) in [6, 6.07) is 14.3. The van der Waals surface area contributed by atoms with E-state index in [-0.39, 0.29) is 11.8 Å². The monoisotopic (exact) mass is 349 g/mol. The van der Waals surface area contributed by atoms with E-state index in [1.807, 2.05) is 31.2 Å². The average Bonchev–Trinajstić information content (AvgIpc) is 2.60. The van der Waals surface area contributed by atoms with Crippen molar-refractivity contribution in [2.75, 3.05) is 17.7 Å². The summed E-state index contributed by atoms with van der Waals surface area (Å²) in [5.74, 6) is 0.0524. The van der Waals surface area contributed by atoms with Crippen LogP contribution in [0.15, 0.2) is 48.5 Å². The smallest absolute Gasteiger partial charge is 0.256 e. The zero-order valence-corrected chi connectivity index (χ0v) is 14.8. The highest BCUT2D eigenvalue weighted by atomic mass is 16.5. The summed E-state index contributed by atoms with van der Waals surface area (Å²) in [6.07, 6.45) is 0. The number of benzene rings is 2. The van der Waals surface area contributed by atoms with Crippen LogP contribution in [-0.2, 0) is 4.79 Å². The van der Waals surface area contributed by atoms with E-state index < -0.39 is 0 Å². The third-order valence-corrected chi connectivity index (χ3v) is 3.86. The Hall–Kier alpha value is -3.41. The number of hydrogen-bond acceptors (Lipinski definition) is 4. The predicted octanol–water partition coefficient (Wildman–Crippen LogP) is 3.76. The molecule has 0 saturated carbocycles. The average molecular weight is 349 g/mol. The van der Waals surface area contributed by atoms with Crippen molar-refractivity contribution in [3.05, 3.63) is 59.8 Å². The van der Waals surface area contributed by atoms with Gasteiger partial charge in [-0.1, -0.05) is 18.2 Å². The van der Waals surface area contributed by atoms with Crippen molar-refractivity contribution in [3.63, 3.8) is 0 Å². The van der Waals surface area contributed by atoms with Gasteiger partial charge in [-0.15, -0.1) is 0 Å². The first kappa shape index (κ1) is 17.4. The van der Waals surface area contributed by atoms with Crippen LogP contribution in [0.5, 0.6) is 5.75 Å². The number of hydrogen-bond donors (Lipinski definition) is 2. The lowest BCUT2D eigenvalue weighted by atomic mass is 10.1. The summed E-state index contributed by atoms with van der Waals surface area (Å²) >= 11 is 0. The van der Waals surface area contributed by atoms with Gasteiger partial charge in [0.15, 0.2) is 0 Å². The van der Waals surface area contributed by atoms with Gasteiger partial charge in [-0.3, -0.25) is 14.6 Å². The van der Waals surface area contributed by atoms with E-state index in [1.54, 1.807) is 24.3 Å². The molecule has 1 heterocycles. The van der Waals surface area contributed by atoms with Crippen molar-refractivity contribution in [3.8, 4) is 5.75 Å². The standard InChI is InChI=1S/C20H19N3O3/c1-12-10-16(15-6-4-5-7-17(15)21-12)20(25)23-14-8-9-19(26-3)18(11-14)22-13(2)24/h4-11H,1-3H3,(H,22,24)(H,23,25). The second-order valence-corrected chi connectivity index (χ2v) is 5.88. The summed E-state index contributed by atoms with van der Waals surface area (Å²) < 4.78 is 5.23. The zero-order valence-electron chi connectivity index (χ0n) is 14.8. The number of methoxy groups -OCH3 is 1. The lowest BCUT2D eigenvalue weighted by Gasteiger charge is -2.13. The predicted molar refractivity (Wildman–Crippen MR) is 102 cm³/mol. The van der Waals surface area contributed by atoms with E-state index in [0.717, 1.165) is 16.6 Å². The number of aryl methyl sites for hydroxylation is 1. The van der Waals surface area contributed by atoms with Crippen molar-refractivity contribution < 1.29 is 14.3 Å². The Morgan fingerprint density at radius 1 is 1.04 bits per heavy atom. The van der Waals surface area contributed by atoms with Gasteiger partial charge in [0.05, 0.1) is 23.9 Å². The molecule has 0 bridgehead atoms. The normalized spacial score (nSPS) is 10.4. The van der Waals surface area contributed by atoms with Gasteiger partial charge in [0.2, 0.25) is 5.91 Å². The number of amides is 2. The van der Waals surface area contributed by atoms with Gasteiger partial charge in [0, 0.05) is 23.7 Å². The number of anilines is 2. The number of nitrogens with one attached hydrogen (secondary N) is 2. The fourth-order valence-corrected chi connectivity index (χ4v) is 2.77. The van der Waals surface area contributed by atoms with Crippen molar-refractivity contribution in [2.24, 2.45) is 0 Å². The minimum atomic E-state index is -0.245. The van der Waals surface area contributed by atoms with Crippen LogP contribution >= 0.6 is 0 Å². The molecule has 3 rings (SSSR count). The quantitative estimate of drug-likeness (QED) is 0.751. The van der Waals surface area contributed by atoms with Gasteiger partial charge in [-0.2, -0.15) is 0 Å². The van der Waals surface area contributed by atoms with Crippen LogP contribution in [0.1, 0.15) is 23.0 Å². The number of pyridine rings is 1. The number of carbonyl (C=O) groups is 2. The van der Waals surface area contributed by atoms with Crippen molar-refractivity contribution in [1.29, 1.82) is 0 Å². The first-order valence-corrected chi connectivity index (χ1v) is 8.11. The maximum Gasteiger partial charge on any atom is 0.256 e. The Bertz CT molecular complexity index is 999. The molecule has 3 aromatic rings. The fourth-order valence-electron chi connectivity index (χ4n) is 2.77. The molecule has 0 saturated heterocycles. The molecule has 0 aliphatic rings. The number of rotatable bonds is 4. The lowest BCUT2D eigenvalue weighted by molar-refractivity contribution is -0.114. The Morgan fingerprint density at radius 2 is 1.81 bits per heavy atom. The largest absolute Gasteiger partial charge is 0.495 e. The minimum Gasteiger partial charge on any atom is -0.495 e. The number of fused-ring (bicyclic) bond motifs is 1. The molecule has 6 heteroatoms. The molecule has 0 atom stereocenters. The van der Waals surface area contributed by atoms with Crippen LogP contribution < -0.4 is 15.4 Å². The van der Waals surface area contributed by atoms with E-state index >= 15 is 0 Å². The first-order valence-electron chi connectivity index (χ1n) is 8.11. The molecule has 2 N–H and O–H groups in total. The van der Waals surface area contributed by atoms with Crippen molar-refractivity contribution >= 4 is 34.1 Å². The number of ether oxygens (including phenoxy) is 1. The Kier molecular flexibility index (Phi) is 4.84. The number of para-hydroxylation sites is 1. The fraction of sp³-hybridized carbons (Fsp3) is 0.150. The zero-order chi connectivity index (χ0) is 18.7. The van der Waals surface area contributed by atoms with Gasteiger partial charge in [0.1, 0.15) is 5.75 Å². The van der Waals surface area contributed by atoms with Crippen LogP contribution in [0, 0.1) is 6.92 Å². The molecule has 6 nitrogen and oxygen atoms in total. The summed E-state index contributed by atoms with van der Waals surface area (Å²) in [5, 5.41) is 6.34. The summed E-state index contributed by atoms with van der Waals surface area (Å²) in [7, 11) is 1.52. The Balaban J connectivity index is 1.95. The highest BCUT2D eigenvalue weighted by Gasteiger charge is 2.13. The molecule has 0 unspecified atom stereocenters. The Labute approximate surface area is 151 Å². The first-order chi connectivity index (χ1) is 12.5. The van der Waals surface area contributed by atoms with E-state index in [0.29, 0.717) is 22.7 Å². The maximum atomic E-state index is 12.8. The molecule has 26 heavy (non-hydrogen) atoms. The molecule has 0 aliphatic heterocycles. The molecule has 132 valence electrons. The molecule has 2 aromatic carbocycles. The topological polar surface area (TPSA) is 80.3 Å². The molecule has 0 aliphatic carbocycles. The SMILES string of the molecule is COc1ccc(NC(=O)c2cc(C)nc3ccccc23)cc1NC(C)=O. The minimum absolute atomic E-state index is 0.220. The van der Waals surface area contributed by atoms with E-state index in [1.165, 1.54) is 14.0 Å². The third-order valence-electron chi connectivity index (χ3n) is 3.86. The highest BCUT2D eigenvalue weighted by Crippen LogP contribution is 2.28. The Morgan fingerprint density at radius 3 is 2.54 bits per heavy atom. The molecule has 0 fully saturated rings. The van der Waals surface area contributed by atoms with Gasteiger partial charge in [-0.25, -0.2) is 0 Å². The van der Waals surface area contributed by atoms with Crippen LogP contribution in [0.25, 0.3) is 10.9 Å². The van der Waals surface area contributed by atoms with E-state index in [4.69, 9.17) is 4.74 Å². The molecular weight excluding hydrogens is 330 g/mol. The number of carbonyl (C=O) groups excluding carboxylic acids is 2. The van der Waals surface area contributed by atoms with Gasteiger partial charge in [-0.05, 0) is 37.3 Å². The molecule has 2 amide bonds. The molecule has 1 aromatic heterocycles. The summed E-state index contributed by atoms with van der Waals surface area (Å²) in [4.78, 5) is 28.6. The highest BCUT2D eigenvalue weighted by molar-refractivity contribution is 6.12. The summed E-state index contributed by atoms with van der Waals surface area (Å²) in [6.45, 7) is 3.27. The lowest BCUT2D eigenvalue weighted by Crippen LogP contribution is -2.14. The van der Waals surface area contributed by atoms with Gasteiger partial charge >= 0.3 is 0 Å². The number of aromatic nitrogens is 1. The second kappa shape index (κ2) is 7.23. The third kappa shape index (κ3) is 3.64. The van der Waals surface area contributed by atoms with Crippen LogP contribution in [-0.4, -0.2) is 23.9 Å². The van der Waals surface area contributed by atoms with Crippen molar-refractivity contribution in [2.45, 2.75) is 13.8 Å². The van der Waals surface area contributed by atoms with E-state index in [2.05, 4.69) is 15.6 Å². The van der Waals surface area contributed by atoms with E-state index in [9.17, 15) is 9.59 Å². The van der Waals surface area contributed by atoms with Gasteiger partial charge in [0.25, 0.3) is 5.91 Å². The van der Waals surface area contributed by atoms with Crippen LogP contribution in [0.3, 0.4) is 0 Å². The van der Waals surface area contributed by atoms with Crippen LogP contribution in [0.2, 0.25) is 0 Å². The molecule has 0 radical (unpaired) electrons. The number of nitrogens with zero attached hydrogens (tertiary/aromatic N) is 1. The van der Waals surface area contributed by atoms with Gasteiger partial charge < -0.3 is 15.4 Å². The molecule has 0 spiro atoms. The molecular formula is C20H19N3O3.